The second kappa shape index (κ2) is 9.77. The first-order valence-electron chi connectivity index (χ1n) is 10.1. The van der Waals surface area contributed by atoms with Crippen LogP contribution in [0.25, 0.3) is 0 Å². The summed E-state index contributed by atoms with van der Waals surface area (Å²) >= 11 is 0. The average Bonchev–Trinajstić information content (AvgIpc) is 2.78. The van der Waals surface area contributed by atoms with E-state index in [2.05, 4.69) is 0 Å². The highest BCUT2D eigenvalue weighted by molar-refractivity contribution is 7.89. The topological polar surface area (TPSA) is 133 Å². The molecule has 180 valence electrons. The molecule has 0 bridgehead atoms. The maximum Gasteiger partial charge on any atom is 0.263 e. The maximum atomic E-state index is 13.2. The number of nitrogens with zero attached hydrogens (tertiary/aromatic N) is 2. The van der Waals surface area contributed by atoms with Gasteiger partial charge >= 0.3 is 0 Å². The Balaban J connectivity index is 1.78. The van der Waals surface area contributed by atoms with Gasteiger partial charge in [-0.3, -0.25) is 10.0 Å². The molecule has 12 heteroatoms. The van der Waals surface area contributed by atoms with Gasteiger partial charge in [0, 0.05) is 19.6 Å². The van der Waals surface area contributed by atoms with Crippen molar-refractivity contribution in [2.75, 3.05) is 25.9 Å². The Kier molecular flexibility index (Phi) is 7.44. The molecule has 2 aromatic rings. The van der Waals surface area contributed by atoms with Gasteiger partial charge in [-0.15, -0.1) is 0 Å². The molecular weight excluding hydrogens is 470 g/mol. The highest BCUT2D eigenvalue weighted by atomic mass is 32.2. The summed E-state index contributed by atoms with van der Waals surface area (Å²) < 4.78 is 57.8. The number of hydroxylamine groups is 1. The van der Waals surface area contributed by atoms with Crippen LogP contribution in [-0.4, -0.2) is 68.5 Å². The van der Waals surface area contributed by atoms with Gasteiger partial charge < -0.3 is 4.74 Å². The molecule has 3 rings (SSSR count). The molecule has 1 unspecified atom stereocenters. The van der Waals surface area contributed by atoms with Gasteiger partial charge in [0.15, 0.2) is 0 Å². The molecule has 33 heavy (non-hydrogen) atoms. The summed E-state index contributed by atoms with van der Waals surface area (Å²) in [5.41, 5.74) is 4.64. The molecule has 1 heterocycles. The summed E-state index contributed by atoms with van der Waals surface area (Å²) in [5.74, 6) is -0.540. The summed E-state index contributed by atoms with van der Waals surface area (Å²) in [4.78, 5) is 12.1. The van der Waals surface area contributed by atoms with Gasteiger partial charge in [-0.2, -0.15) is 8.61 Å². The Morgan fingerprint density at radius 3 is 2.36 bits per heavy atom. The van der Waals surface area contributed by atoms with Crippen LogP contribution >= 0.6 is 0 Å². The van der Waals surface area contributed by atoms with Crippen LogP contribution in [0.5, 0.6) is 5.75 Å². The van der Waals surface area contributed by atoms with Crippen LogP contribution in [0.3, 0.4) is 0 Å². The molecule has 1 aliphatic heterocycles. The fourth-order valence-electron chi connectivity index (χ4n) is 3.58. The smallest absolute Gasteiger partial charge is 0.263 e. The highest BCUT2D eigenvalue weighted by Crippen LogP contribution is 2.25. The molecular formula is C21H27N3O7S2. The van der Waals surface area contributed by atoms with Crippen molar-refractivity contribution in [2.45, 2.75) is 31.4 Å². The lowest BCUT2D eigenvalue weighted by Crippen LogP contribution is -2.60. The number of amides is 1. The van der Waals surface area contributed by atoms with Crippen molar-refractivity contribution in [3.63, 3.8) is 0 Å². The van der Waals surface area contributed by atoms with Crippen molar-refractivity contribution < 1.29 is 31.6 Å². The van der Waals surface area contributed by atoms with E-state index in [0.717, 1.165) is 31.6 Å². The van der Waals surface area contributed by atoms with E-state index in [9.17, 15) is 21.6 Å². The van der Waals surface area contributed by atoms with E-state index in [1.807, 2.05) is 32.0 Å². The van der Waals surface area contributed by atoms with Crippen molar-refractivity contribution in [3.8, 4) is 5.75 Å². The molecule has 0 saturated carbocycles. The lowest BCUT2D eigenvalue weighted by Gasteiger charge is -2.38. The third-order valence-electron chi connectivity index (χ3n) is 5.51. The Hall–Kier alpha value is -2.51. The predicted molar refractivity (Wildman–Crippen MR) is 121 cm³/mol. The van der Waals surface area contributed by atoms with Gasteiger partial charge in [0.2, 0.25) is 20.0 Å². The molecule has 1 saturated heterocycles. The van der Waals surface area contributed by atoms with E-state index in [0.29, 0.717) is 12.4 Å². The van der Waals surface area contributed by atoms with E-state index in [1.54, 1.807) is 0 Å². The SMILES string of the molecule is Cc1ccc(C)c(COc2ccc(S(=O)(=O)N3CCN(S(C)(=O)=O)CC3C(=O)NO)cc2)c1. The Labute approximate surface area is 193 Å². The van der Waals surface area contributed by atoms with E-state index in [-0.39, 0.29) is 18.0 Å². The molecule has 10 nitrogen and oxygen atoms in total. The highest BCUT2D eigenvalue weighted by Gasteiger charge is 2.42. The van der Waals surface area contributed by atoms with Crippen LogP contribution in [0.4, 0.5) is 0 Å². The van der Waals surface area contributed by atoms with Crippen molar-refractivity contribution in [1.82, 2.24) is 14.1 Å². The van der Waals surface area contributed by atoms with E-state index in [4.69, 9.17) is 9.94 Å². The molecule has 0 radical (unpaired) electrons. The Bertz CT molecular complexity index is 1230. The standard InChI is InChI=1S/C21H27N3O7S2/c1-15-4-5-16(2)17(12-15)14-31-18-6-8-19(9-7-18)33(29,30)24-11-10-23(32(3,27)28)13-20(24)21(25)22-26/h4-9,12,20,26H,10-11,13-14H2,1-3H3,(H,22,25). The number of carbonyl (C=O) groups excluding carboxylic acids is 1. The molecule has 0 aliphatic carbocycles. The summed E-state index contributed by atoms with van der Waals surface area (Å²) in [7, 11) is -7.79. The van der Waals surface area contributed by atoms with Crippen LogP contribution in [0, 0.1) is 13.8 Å². The van der Waals surface area contributed by atoms with Gasteiger partial charge in [0.05, 0.1) is 11.2 Å². The second-order valence-electron chi connectivity index (χ2n) is 7.92. The number of sulfonamides is 2. The van der Waals surface area contributed by atoms with Crippen LogP contribution in [0.2, 0.25) is 0 Å². The third kappa shape index (κ3) is 5.71. The van der Waals surface area contributed by atoms with Gasteiger partial charge in [0.1, 0.15) is 18.4 Å². The summed E-state index contributed by atoms with van der Waals surface area (Å²) in [6.45, 7) is 3.55. The number of hydrogen-bond acceptors (Lipinski definition) is 7. The molecule has 1 atom stereocenters. The van der Waals surface area contributed by atoms with E-state index in [1.165, 1.54) is 29.7 Å². The molecule has 2 N–H and O–H groups in total. The van der Waals surface area contributed by atoms with E-state index >= 15 is 0 Å². The summed E-state index contributed by atoms with van der Waals surface area (Å²) in [5, 5.41) is 9.05. The first-order chi connectivity index (χ1) is 15.4. The number of piperazine rings is 1. The normalized spacial score (nSPS) is 18.1. The van der Waals surface area contributed by atoms with Gasteiger partial charge in [0.25, 0.3) is 5.91 Å². The van der Waals surface area contributed by atoms with Crippen LogP contribution in [0.15, 0.2) is 47.4 Å². The number of hydrogen-bond donors (Lipinski definition) is 2. The van der Waals surface area contributed by atoms with Gasteiger partial charge in [-0.1, -0.05) is 23.8 Å². The quantitative estimate of drug-likeness (QED) is 0.431. The van der Waals surface area contributed by atoms with Crippen molar-refractivity contribution >= 4 is 26.0 Å². The zero-order valence-electron chi connectivity index (χ0n) is 18.6. The molecule has 1 amide bonds. The monoisotopic (exact) mass is 497 g/mol. The Morgan fingerprint density at radius 2 is 1.76 bits per heavy atom. The minimum absolute atomic E-state index is 0.0786. The summed E-state index contributed by atoms with van der Waals surface area (Å²) in [6.07, 6.45) is 0.974. The van der Waals surface area contributed by atoms with Crippen molar-refractivity contribution in [3.05, 3.63) is 59.2 Å². The number of benzene rings is 2. The zero-order valence-corrected chi connectivity index (χ0v) is 20.2. The van der Waals surface area contributed by atoms with Crippen molar-refractivity contribution in [1.29, 1.82) is 0 Å². The van der Waals surface area contributed by atoms with E-state index < -0.39 is 38.5 Å². The van der Waals surface area contributed by atoms with Crippen LogP contribution in [0.1, 0.15) is 16.7 Å². The Morgan fingerprint density at radius 1 is 1.09 bits per heavy atom. The maximum absolute atomic E-state index is 13.2. The third-order valence-corrected chi connectivity index (χ3v) is 8.70. The number of aryl methyl sites for hydroxylation is 2. The lowest BCUT2D eigenvalue weighted by atomic mass is 10.1. The molecule has 0 aromatic heterocycles. The molecule has 2 aromatic carbocycles. The van der Waals surface area contributed by atoms with Gasteiger partial charge in [-0.05, 0) is 49.2 Å². The minimum Gasteiger partial charge on any atom is -0.489 e. The molecule has 1 fully saturated rings. The molecule has 0 spiro atoms. The average molecular weight is 498 g/mol. The minimum atomic E-state index is -4.15. The number of nitrogens with one attached hydrogen (secondary N) is 1. The first-order valence-corrected chi connectivity index (χ1v) is 13.4. The van der Waals surface area contributed by atoms with Crippen LogP contribution in [-0.2, 0) is 31.4 Å². The van der Waals surface area contributed by atoms with Crippen LogP contribution < -0.4 is 10.2 Å². The second-order valence-corrected chi connectivity index (χ2v) is 11.8. The number of ether oxygens (including phenoxy) is 1. The van der Waals surface area contributed by atoms with Gasteiger partial charge in [-0.25, -0.2) is 22.3 Å². The first kappa shape index (κ1) is 25.1. The predicted octanol–water partition coefficient (Wildman–Crippen LogP) is 1.02. The van der Waals surface area contributed by atoms with Crippen molar-refractivity contribution in [2.24, 2.45) is 0 Å². The summed E-state index contributed by atoms with van der Waals surface area (Å²) in [6, 6.07) is 10.4. The molecule has 1 aliphatic rings. The zero-order chi connectivity index (χ0) is 24.4. The number of rotatable bonds is 7. The largest absolute Gasteiger partial charge is 0.489 e. The fourth-order valence-corrected chi connectivity index (χ4v) is 5.97. The number of carbonyl (C=O) groups is 1. The lowest BCUT2D eigenvalue weighted by molar-refractivity contribution is -0.134. The fraction of sp³-hybridized carbons (Fsp3) is 0.381.